The van der Waals surface area contributed by atoms with Crippen molar-refractivity contribution >= 4 is 27.5 Å². The maximum absolute atomic E-state index is 6.24. The van der Waals surface area contributed by atoms with Gasteiger partial charge in [0.1, 0.15) is 18.1 Å². The number of halogens is 2. The maximum atomic E-state index is 6.24. The number of rotatable bonds is 6. The van der Waals surface area contributed by atoms with Crippen molar-refractivity contribution in [3.63, 3.8) is 0 Å². The van der Waals surface area contributed by atoms with Gasteiger partial charge in [0.25, 0.3) is 0 Å². The van der Waals surface area contributed by atoms with Gasteiger partial charge < -0.3 is 14.8 Å². The molecule has 112 valence electrons. The van der Waals surface area contributed by atoms with E-state index < -0.39 is 0 Å². The molecule has 0 heterocycles. The Morgan fingerprint density at radius 2 is 2.00 bits per heavy atom. The van der Waals surface area contributed by atoms with Crippen LogP contribution in [-0.4, -0.2) is 14.2 Å². The first-order valence-electron chi connectivity index (χ1n) is 6.53. The third-order valence-electron chi connectivity index (χ3n) is 3.04. The molecule has 0 unspecified atom stereocenters. The summed E-state index contributed by atoms with van der Waals surface area (Å²) in [4.78, 5) is 0. The highest BCUT2D eigenvalue weighted by Crippen LogP contribution is 2.31. The van der Waals surface area contributed by atoms with Crippen molar-refractivity contribution < 1.29 is 9.47 Å². The molecule has 0 radical (unpaired) electrons. The minimum Gasteiger partial charge on any atom is -0.497 e. The molecule has 0 saturated carbocycles. The van der Waals surface area contributed by atoms with Crippen molar-refractivity contribution in [2.24, 2.45) is 0 Å². The maximum Gasteiger partial charge on any atom is 0.142 e. The summed E-state index contributed by atoms with van der Waals surface area (Å²) in [7, 11) is 3.54. The number of para-hydroxylation sites is 1. The summed E-state index contributed by atoms with van der Waals surface area (Å²) in [6, 6.07) is 11.5. The molecule has 2 rings (SSSR count). The van der Waals surface area contributed by atoms with Crippen molar-refractivity contribution in [1.82, 2.24) is 5.32 Å². The van der Waals surface area contributed by atoms with Crippen LogP contribution in [0.4, 0.5) is 0 Å². The van der Waals surface area contributed by atoms with E-state index in [1.807, 2.05) is 43.4 Å². The molecule has 21 heavy (non-hydrogen) atoms. The van der Waals surface area contributed by atoms with Crippen LogP contribution in [0.25, 0.3) is 0 Å². The van der Waals surface area contributed by atoms with Crippen molar-refractivity contribution in [3.05, 3.63) is 57.0 Å². The molecule has 0 aliphatic carbocycles. The first kappa shape index (κ1) is 16.1. The molecule has 0 aromatic heterocycles. The Balaban J connectivity index is 2.20. The zero-order chi connectivity index (χ0) is 15.2. The quantitative estimate of drug-likeness (QED) is 0.817. The molecule has 0 amide bonds. The Bertz CT molecular complexity index is 619. The van der Waals surface area contributed by atoms with E-state index in [9.17, 15) is 0 Å². The minimum absolute atomic E-state index is 0.415. The smallest absolute Gasteiger partial charge is 0.142 e. The fraction of sp³-hybridized carbons (Fsp3) is 0.250. The van der Waals surface area contributed by atoms with Crippen molar-refractivity contribution in [3.8, 4) is 11.5 Å². The summed E-state index contributed by atoms with van der Waals surface area (Å²) < 4.78 is 12.1. The fourth-order valence-electron chi connectivity index (χ4n) is 1.98. The molecule has 2 aromatic rings. The monoisotopic (exact) mass is 369 g/mol. The van der Waals surface area contributed by atoms with Crippen molar-refractivity contribution in [2.75, 3.05) is 14.2 Å². The zero-order valence-electron chi connectivity index (χ0n) is 12.0. The summed E-state index contributed by atoms with van der Waals surface area (Å²) in [5.74, 6) is 1.51. The van der Waals surface area contributed by atoms with Gasteiger partial charge in [0.05, 0.1) is 12.1 Å². The van der Waals surface area contributed by atoms with E-state index in [1.165, 1.54) is 0 Å². The van der Waals surface area contributed by atoms with E-state index in [-0.39, 0.29) is 0 Å². The topological polar surface area (TPSA) is 30.5 Å². The van der Waals surface area contributed by atoms with E-state index in [0.29, 0.717) is 23.9 Å². The third-order valence-corrected chi connectivity index (χ3v) is 4.11. The van der Waals surface area contributed by atoms with Gasteiger partial charge in [-0.3, -0.25) is 0 Å². The van der Waals surface area contributed by atoms with Crippen LogP contribution < -0.4 is 14.8 Å². The molecular weight excluding hydrogens is 354 g/mol. The van der Waals surface area contributed by atoms with Gasteiger partial charge in [0.2, 0.25) is 0 Å². The minimum atomic E-state index is 0.415. The fourth-order valence-corrected chi connectivity index (χ4v) is 2.59. The first-order valence-corrected chi connectivity index (χ1v) is 7.70. The molecule has 0 aliphatic rings. The van der Waals surface area contributed by atoms with Gasteiger partial charge in [-0.1, -0.05) is 39.7 Å². The van der Waals surface area contributed by atoms with Crippen LogP contribution in [0.2, 0.25) is 5.02 Å². The van der Waals surface area contributed by atoms with E-state index in [0.717, 1.165) is 21.3 Å². The third kappa shape index (κ3) is 4.13. The van der Waals surface area contributed by atoms with Gasteiger partial charge in [-0.2, -0.15) is 0 Å². The summed E-state index contributed by atoms with van der Waals surface area (Å²) in [6.45, 7) is 1.12. The number of hydrogen-bond acceptors (Lipinski definition) is 3. The second kappa shape index (κ2) is 7.69. The average Bonchev–Trinajstić information content (AvgIpc) is 2.48. The van der Waals surface area contributed by atoms with E-state index in [2.05, 4.69) is 21.2 Å². The van der Waals surface area contributed by atoms with Gasteiger partial charge in [-0.15, -0.1) is 0 Å². The lowest BCUT2D eigenvalue weighted by Gasteiger charge is -2.14. The number of nitrogens with one attached hydrogen (secondary N) is 1. The predicted octanol–water partition coefficient (Wildman–Crippen LogP) is 4.41. The van der Waals surface area contributed by atoms with Gasteiger partial charge in [-0.25, -0.2) is 0 Å². The largest absolute Gasteiger partial charge is 0.497 e. The van der Waals surface area contributed by atoms with Crippen LogP contribution >= 0.6 is 27.5 Å². The Labute approximate surface area is 138 Å². The average molecular weight is 371 g/mol. The molecule has 3 nitrogen and oxygen atoms in total. The highest BCUT2D eigenvalue weighted by molar-refractivity contribution is 9.10. The Hall–Kier alpha value is -1.23. The number of benzene rings is 2. The van der Waals surface area contributed by atoms with Gasteiger partial charge in [0, 0.05) is 22.1 Å². The van der Waals surface area contributed by atoms with Gasteiger partial charge >= 0.3 is 0 Å². The van der Waals surface area contributed by atoms with Crippen molar-refractivity contribution in [1.29, 1.82) is 0 Å². The summed E-state index contributed by atoms with van der Waals surface area (Å²) in [6.07, 6.45) is 0. The van der Waals surface area contributed by atoms with Crippen LogP contribution in [0.15, 0.2) is 40.9 Å². The second-order valence-corrected chi connectivity index (χ2v) is 5.77. The van der Waals surface area contributed by atoms with Crippen LogP contribution in [0, 0.1) is 0 Å². The predicted molar refractivity (Wildman–Crippen MR) is 89.2 cm³/mol. The van der Waals surface area contributed by atoms with Crippen molar-refractivity contribution in [2.45, 2.75) is 13.2 Å². The summed E-state index contributed by atoms with van der Waals surface area (Å²) in [5.41, 5.74) is 2.04. The molecule has 0 aliphatic heterocycles. The lowest BCUT2D eigenvalue weighted by Crippen LogP contribution is -2.08. The molecule has 0 saturated heterocycles. The Kier molecular flexibility index (Phi) is 5.91. The molecule has 5 heteroatoms. The highest BCUT2D eigenvalue weighted by atomic mass is 79.9. The molecule has 1 N–H and O–H groups in total. The molecule has 0 fully saturated rings. The van der Waals surface area contributed by atoms with Gasteiger partial charge in [0.15, 0.2) is 0 Å². The molecule has 0 spiro atoms. The number of hydrogen-bond donors (Lipinski definition) is 1. The van der Waals surface area contributed by atoms with Crippen LogP contribution in [-0.2, 0) is 13.2 Å². The number of ether oxygens (including phenoxy) is 2. The lowest BCUT2D eigenvalue weighted by atomic mass is 10.2. The van der Waals surface area contributed by atoms with Crippen LogP contribution in [0.5, 0.6) is 11.5 Å². The molecule has 0 atom stereocenters. The summed E-state index contributed by atoms with van der Waals surface area (Å²) >= 11 is 9.76. The highest BCUT2D eigenvalue weighted by Gasteiger charge is 2.10. The number of methoxy groups -OCH3 is 1. The first-order chi connectivity index (χ1) is 10.2. The Morgan fingerprint density at radius 1 is 1.19 bits per heavy atom. The van der Waals surface area contributed by atoms with Gasteiger partial charge in [-0.05, 0) is 31.3 Å². The SMILES string of the molecule is CNCc1cccc(Cl)c1OCc1cc(OC)ccc1Br. The molecule has 2 aromatic carbocycles. The summed E-state index contributed by atoms with van der Waals surface area (Å²) in [5, 5.41) is 3.72. The zero-order valence-corrected chi connectivity index (χ0v) is 14.3. The molecule has 0 bridgehead atoms. The van der Waals surface area contributed by atoms with Crippen LogP contribution in [0.3, 0.4) is 0 Å². The van der Waals surface area contributed by atoms with Crippen LogP contribution in [0.1, 0.15) is 11.1 Å². The Morgan fingerprint density at radius 3 is 2.71 bits per heavy atom. The standard InChI is InChI=1S/C16H17BrClNO2/c1-19-9-11-4-3-5-15(18)16(11)21-10-12-8-13(20-2)6-7-14(12)17/h3-8,19H,9-10H2,1-2H3. The second-order valence-electron chi connectivity index (χ2n) is 4.50. The van der Waals surface area contributed by atoms with E-state index in [4.69, 9.17) is 21.1 Å². The lowest BCUT2D eigenvalue weighted by molar-refractivity contribution is 0.301. The normalized spacial score (nSPS) is 10.5. The van der Waals surface area contributed by atoms with E-state index in [1.54, 1.807) is 7.11 Å². The molecular formula is C16H17BrClNO2. The van der Waals surface area contributed by atoms with E-state index >= 15 is 0 Å².